The molecule has 0 aromatic carbocycles. The Morgan fingerprint density at radius 3 is 3.15 bits per heavy atom. The molecule has 0 amide bonds. The second kappa shape index (κ2) is 2.30. The molecule has 0 bridgehead atoms. The highest BCUT2D eigenvalue weighted by molar-refractivity contribution is 6.12. The van der Waals surface area contributed by atoms with Gasteiger partial charge in [-0.2, -0.15) is 0 Å². The van der Waals surface area contributed by atoms with Gasteiger partial charge in [0.05, 0.1) is 12.2 Å². The van der Waals surface area contributed by atoms with E-state index in [9.17, 15) is 0 Å². The lowest BCUT2D eigenvalue weighted by molar-refractivity contribution is -0.200. The third-order valence-corrected chi connectivity index (χ3v) is 4.23. The molecule has 72 valence electrons. The number of hydrogen-bond donors (Lipinski definition) is 0. The number of likely N-dealkylation sites (tertiary alicyclic amines) is 1. The zero-order chi connectivity index (χ0) is 9.22. The van der Waals surface area contributed by atoms with Gasteiger partial charge in [0, 0.05) is 31.1 Å². The van der Waals surface area contributed by atoms with Gasteiger partial charge in [0.1, 0.15) is 7.85 Å². The highest BCUT2D eigenvalue weighted by Gasteiger charge is 2.73. The van der Waals surface area contributed by atoms with Crippen molar-refractivity contribution < 1.29 is 9.47 Å². The summed E-state index contributed by atoms with van der Waals surface area (Å²) in [6.07, 6.45) is 1.17. The van der Waals surface area contributed by atoms with Crippen LogP contribution in [-0.4, -0.2) is 57.2 Å². The number of rotatable bonds is 2. The smallest absolute Gasteiger partial charge is 0.141 e. The van der Waals surface area contributed by atoms with Gasteiger partial charge in [0.15, 0.2) is 0 Å². The summed E-state index contributed by atoms with van der Waals surface area (Å²) in [7, 11) is 6.17. The highest BCUT2D eigenvalue weighted by atomic mass is 16.6. The Kier molecular flexibility index (Phi) is 1.46. The van der Waals surface area contributed by atoms with Crippen LogP contribution in [0.25, 0.3) is 0 Å². The van der Waals surface area contributed by atoms with Crippen LogP contribution in [0.5, 0.6) is 0 Å². The molecule has 1 saturated carbocycles. The van der Waals surface area contributed by atoms with E-state index in [4.69, 9.17) is 9.47 Å². The van der Waals surface area contributed by atoms with Crippen LogP contribution < -0.4 is 0 Å². The second-order valence-electron chi connectivity index (χ2n) is 4.77. The minimum absolute atomic E-state index is 0.0933. The quantitative estimate of drug-likeness (QED) is 0.513. The van der Waals surface area contributed by atoms with Crippen molar-refractivity contribution >= 4 is 7.85 Å². The third-order valence-electron chi connectivity index (χ3n) is 4.23. The molecular formula is C9H16BNO2. The minimum atomic E-state index is 0.0933. The van der Waals surface area contributed by atoms with Gasteiger partial charge in [0.25, 0.3) is 0 Å². The molecule has 2 heterocycles. The normalized spacial score (nSPS) is 58.3. The minimum Gasteiger partial charge on any atom is -0.382 e. The van der Waals surface area contributed by atoms with Crippen LogP contribution in [0.3, 0.4) is 0 Å². The van der Waals surface area contributed by atoms with Crippen LogP contribution in [0, 0.1) is 5.92 Å². The van der Waals surface area contributed by atoms with Crippen molar-refractivity contribution in [2.75, 3.05) is 20.8 Å². The monoisotopic (exact) mass is 181 g/mol. The summed E-state index contributed by atoms with van der Waals surface area (Å²) in [5, 5.41) is 0. The Bertz CT molecular complexity index is 250. The lowest BCUT2D eigenvalue weighted by Crippen LogP contribution is -2.76. The fourth-order valence-electron chi connectivity index (χ4n) is 3.74. The van der Waals surface area contributed by atoms with Gasteiger partial charge in [-0.25, -0.2) is 0 Å². The Morgan fingerprint density at radius 1 is 1.69 bits per heavy atom. The van der Waals surface area contributed by atoms with Crippen molar-refractivity contribution in [3.63, 3.8) is 0 Å². The fourth-order valence-corrected chi connectivity index (χ4v) is 3.74. The lowest BCUT2D eigenvalue weighted by atomic mass is 9.55. The first-order chi connectivity index (χ1) is 6.19. The molecule has 13 heavy (non-hydrogen) atoms. The van der Waals surface area contributed by atoms with E-state index in [2.05, 4.69) is 19.8 Å². The molecule has 0 aromatic rings. The first-order valence-corrected chi connectivity index (χ1v) is 5.08. The summed E-state index contributed by atoms with van der Waals surface area (Å²) >= 11 is 0. The summed E-state index contributed by atoms with van der Waals surface area (Å²) in [6.45, 7) is 0.781. The van der Waals surface area contributed by atoms with E-state index in [-0.39, 0.29) is 5.60 Å². The van der Waals surface area contributed by atoms with Gasteiger partial charge >= 0.3 is 0 Å². The molecule has 3 rings (SSSR count). The highest BCUT2D eigenvalue weighted by Crippen LogP contribution is 2.60. The van der Waals surface area contributed by atoms with Crippen molar-refractivity contribution in [3.05, 3.63) is 0 Å². The van der Waals surface area contributed by atoms with Gasteiger partial charge in [-0.1, -0.05) is 0 Å². The lowest BCUT2D eigenvalue weighted by Gasteiger charge is -2.64. The molecule has 3 nitrogen and oxygen atoms in total. The molecule has 0 aromatic heterocycles. The van der Waals surface area contributed by atoms with Crippen molar-refractivity contribution in [1.82, 2.24) is 4.90 Å². The molecule has 3 fully saturated rings. The Morgan fingerprint density at radius 2 is 2.46 bits per heavy atom. The van der Waals surface area contributed by atoms with E-state index in [1.54, 1.807) is 7.11 Å². The van der Waals surface area contributed by atoms with Crippen LogP contribution in [0.15, 0.2) is 0 Å². The molecule has 1 aliphatic carbocycles. The molecule has 5 atom stereocenters. The third kappa shape index (κ3) is 0.740. The standard InChI is InChI=1S/C9H16BNO2/c1-11-5-3-9(4-12-2)6(5)7(11)8(10)13-9/h5-8H,3-4,10H2,1-2H3/t5?,6?,7-,8+,9+/m0/s1. The summed E-state index contributed by atoms with van der Waals surface area (Å²) < 4.78 is 11.3. The maximum atomic E-state index is 6.05. The van der Waals surface area contributed by atoms with Crippen LogP contribution in [0.2, 0.25) is 0 Å². The Balaban J connectivity index is 1.84. The van der Waals surface area contributed by atoms with Gasteiger partial charge in [-0.3, -0.25) is 4.90 Å². The molecule has 0 radical (unpaired) electrons. The molecule has 2 saturated heterocycles. The largest absolute Gasteiger partial charge is 0.382 e. The van der Waals surface area contributed by atoms with E-state index in [1.807, 2.05) is 0 Å². The molecule has 2 unspecified atom stereocenters. The number of piperidine rings is 1. The van der Waals surface area contributed by atoms with Crippen molar-refractivity contribution in [2.24, 2.45) is 5.92 Å². The predicted molar refractivity (Wildman–Crippen MR) is 51.5 cm³/mol. The van der Waals surface area contributed by atoms with Crippen LogP contribution >= 0.6 is 0 Å². The summed E-state index contributed by atoms with van der Waals surface area (Å²) in [4.78, 5) is 2.47. The van der Waals surface area contributed by atoms with Crippen LogP contribution in [0.4, 0.5) is 0 Å². The average molecular weight is 181 g/mol. The number of nitrogens with zero attached hydrogens (tertiary/aromatic N) is 1. The molecule has 2 aliphatic heterocycles. The summed E-state index contributed by atoms with van der Waals surface area (Å²) in [6, 6.07) is 1.84. The number of methoxy groups -OCH3 is 1. The maximum absolute atomic E-state index is 6.05. The van der Waals surface area contributed by atoms with Crippen molar-refractivity contribution in [3.8, 4) is 0 Å². The first kappa shape index (κ1) is 8.27. The van der Waals surface area contributed by atoms with E-state index in [1.165, 1.54) is 6.42 Å². The van der Waals surface area contributed by atoms with Gasteiger partial charge in [0.2, 0.25) is 0 Å². The molecule has 0 N–H and O–H groups in total. The number of likely N-dealkylation sites (N-methyl/N-ethyl adjacent to an activating group) is 1. The first-order valence-electron chi connectivity index (χ1n) is 5.08. The Labute approximate surface area is 79.8 Å². The molecule has 4 heteroatoms. The Hall–Kier alpha value is -0.0551. The SMILES string of the molecule is B[C@@H]1O[C@@]2(COC)CC3C2[C@@H]1N3C. The molecular weight excluding hydrogens is 165 g/mol. The van der Waals surface area contributed by atoms with Gasteiger partial charge in [-0.15, -0.1) is 0 Å². The van der Waals surface area contributed by atoms with Crippen LogP contribution in [0.1, 0.15) is 6.42 Å². The van der Waals surface area contributed by atoms with Crippen molar-refractivity contribution in [1.29, 1.82) is 0 Å². The van der Waals surface area contributed by atoms with Gasteiger partial charge in [-0.05, 0) is 13.5 Å². The van der Waals surface area contributed by atoms with E-state index < -0.39 is 0 Å². The van der Waals surface area contributed by atoms with E-state index >= 15 is 0 Å². The molecule has 3 aliphatic rings. The average Bonchev–Trinajstić information content (AvgIpc) is 2.15. The second-order valence-corrected chi connectivity index (χ2v) is 4.77. The summed E-state index contributed by atoms with van der Waals surface area (Å²) in [5.74, 6) is 0.757. The molecule has 0 spiro atoms. The van der Waals surface area contributed by atoms with E-state index in [0.717, 1.165) is 18.6 Å². The van der Waals surface area contributed by atoms with Crippen LogP contribution in [-0.2, 0) is 9.47 Å². The fraction of sp³-hybridized carbons (Fsp3) is 1.00. The van der Waals surface area contributed by atoms with Crippen molar-refractivity contribution in [2.45, 2.75) is 30.1 Å². The maximum Gasteiger partial charge on any atom is 0.141 e. The summed E-state index contributed by atoms with van der Waals surface area (Å²) in [5.41, 5.74) is 0.0933. The zero-order valence-electron chi connectivity index (χ0n) is 8.49. The number of hydrogen-bond acceptors (Lipinski definition) is 3. The zero-order valence-corrected chi connectivity index (χ0v) is 8.49. The topological polar surface area (TPSA) is 21.7 Å². The van der Waals surface area contributed by atoms with Gasteiger partial charge < -0.3 is 9.47 Å². The number of ether oxygens (including phenoxy) is 2. The van der Waals surface area contributed by atoms with E-state index in [0.29, 0.717) is 12.0 Å². The predicted octanol–water partition coefficient (Wildman–Crippen LogP) is -0.936.